The normalized spacial score (nSPS) is 12.8. The number of nitro benzene ring substituents is 1. The van der Waals surface area contributed by atoms with Crippen LogP contribution in [0.3, 0.4) is 0 Å². The Morgan fingerprint density at radius 1 is 1.17 bits per heavy atom. The van der Waals surface area contributed by atoms with E-state index >= 15 is 0 Å². The summed E-state index contributed by atoms with van der Waals surface area (Å²) in [6.45, 7) is 5.56. The predicted octanol–water partition coefficient (Wildman–Crippen LogP) is 3.23. The van der Waals surface area contributed by atoms with Crippen molar-refractivity contribution in [2.75, 3.05) is 17.1 Å². The van der Waals surface area contributed by atoms with E-state index in [0.29, 0.717) is 6.42 Å². The van der Waals surface area contributed by atoms with E-state index < -0.39 is 27.4 Å². The highest BCUT2D eigenvalue weighted by Gasteiger charge is 2.26. The molecule has 0 radical (unpaired) electrons. The molecule has 0 aliphatic carbocycles. The molecule has 0 bridgehead atoms. The molecule has 1 unspecified atom stereocenters. The number of sulfonamides is 1. The summed E-state index contributed by atoms with van der Waals surface area (Å²) < 4.78 is 25.3. The zero-order valence-corrected chi connectivity index (χ0v) is 18.3. The molecule has 0 spiro atoms. The molecule has 0 heterocycles. The Labute approximate surface area is 177 Å². The number of carbonyl (C=O) groups is 1. The van der Waals surface area contributed by atoms with Crippen LogP contribution in [0.15, 0.2) is 54.6 Å². The van der Waals surface area contributed by atoms with Gasteiger partial charge in [-0.15, -0.1) is 0 Å². The molecular formula is C21H27N3O5S. The lowest BCUT2D eigenvalue weighted by Gasteiger charge is -2.30. The third-order valence-corrected chi connectivity index (χ3v) is 5.94. The number of rotatable bonds is 9. The van der Waals surface area contributed by atoms with Gasteiger partial charge in [-0.3, -0.25) is 19.2 Å². The van der Waals surface area contributed by atoms with Gasteiger partial charge in [0.1, 0.15) is 6.54 Å². The lowest BCUT2D eigenvalue weighted by atomic mass is 9.79. The first kappa shape index (κ1) is 23.3. The quantitative estimate of drug-likeness (QED) is 0.482. The monoisotopic (exact) mass is 433 g/mol. The lowest BCUT2D eigenvalue weighted by Crippen LogP contribution is -2.44. The maximum Gasteiger partial charge on any atom is 0.271 e. The molecular weight excluding hydrogens is 406 g/mol. The molecule has 162 valence electrons. The zero-order chi connectivity index (χ0) is 22.5. The number of non-ortho nitro benzene ring substituents is 1. The van der Waals surface area contributed by atoms with Gasteiger partial charge in [0.25, 0.3) is 5.69 Å². The van der Waals surface area contributed by atoms with Crippen LogP contribution in [0.5, 0.6) is 0 Å². The highest BCUT2D eigenvalue weighted by atomic mass is 32.2. The van der Waals surface area contributed by atoms with E-state index in [4.69, 9.17) is 0 Å². The molecule has 2 rings (SSSR count). The largest absolute Gasteiger partial charge is 0.352 e. The Kier molecular flexibility index (Phi) is 7.20. The Morgan fingerprint density at radius 3 is 2.37 bits per heavy atom. The zero-order valence-electron chi connectivity index (χ0n) is 17.5. The smallest absolute Gasteiger partial charge is 0.271 e. The summed E-state index contributed by atoms with van der Waals surface area (Å²) in [5, 5.41) is 13.8. The van der Waals surface area contributed by atoms with Gasteiger partial charge in [-0.05, 0) is 30.4 Å². The summed E-state index contributed by atoms with van der Waals surface area (Å²) in [7, 11) is -3.82. The summed E-state index contributed by atoms with van der Waals surface area (Å²) in [4.78, 5) is 23.0. The molecule has 1 N–H and O–H groups in total. The van der Waals surface area contributed by atoms with Crippen molar-refractivity contribution in [3.05, 3.63) is 70.3 Å². The molecule has 9 heteroatoms. The molecule has 8 nitrogen and oxygen atoms in total. The summed E-state index contributed by atoms with van der Waals surface area (Å²) in [5.74, 6) is -0.483. The van der Waals surface area contributed by atoms with Crippen LogP contribution in [0.25, 0.3) is 0 Å². The first-order valence-electron chi connectivity index (χ1n) is 9.47. The second-order valence-electron chi connectivity index (χ2n) is 7.97. The number of hydrogen-bond acceptors (Lipinski definition) is 5. The van der Waals surface area contributed by atoms with Gasteiger partial charge in [0.05, 0.1) is 16.9 Å². The average Bonchev–Trinajstić information content (AvgIpc) is 2.65. The van der Waals surface area contributed by atoms with Crippen LogP contribution in [0.2, 0.25) is 0 Å². The minimum absolute atomic E-state index is 0.0686. The van der Waals surface area contributed by atoms with Crippen LogP contribution >= 0.6 is 0 Å². The summed E-state index contributed by atoms with van der Waals surface area (Å²) in [6.07, 6.45) is 1.61. The minimum Gasteiger partial charge on any atom is -0.352 e. The Balaban J connectivity index is 2.11. The molecule has 0 aliphatic rings. The number of nitrogens with one attached hydrogen (secondary N) is 1. The van der Waals surface area contributed by atoms with Crippen molar-refractivity contribution < 1.29 is 18.1 Å². The fraction of sp³-hybridized carbons (Fsp3) is 0.381. The van der Waals surface area contributed by atoms with Crippen LogP contribution < -0.4 is 9.62 Å². The van der Waals surface area contributed by atoms with E-state index in [-0.39, 0.29) is 22.8 Å². The summed E-state index contributed by atoms with van der Waals surface area (Å²) in [6, 6.07) is 14.9. The summed E-state index contributed by atoms with van der Waals surface area (Å²) >= 11 is 0. The summed E-state index contributed by atoms with van der Waals surface area (Å²) in [5.41, 5.74) is 0.768. The highest BCUT2D eigenvalue weighted by Crippen LogP contribution is 2.28. The molecule has 1 atom stereocenters. The van der Waals surface area contributed by atoms with Gasteiger partial charge in [0, 0.05) is 18.2 Å². The SMILES string of the molecule is CC(CC(C)(C)c1ccccc1)NC(=O)CN(c1cccc([N+](=O)[O-])c1)S(C)(=O)=O. The van der Waals surface area contributed by atoms with Crippen LogP contribution in [0.4, 0.5) is 11.4 Å². The van der Waals surface area contributed by atoms with Crippen molar-refractivity contribution in [3.63, 3.8) is 0 Å². The highest BCUT2D eigenvalue weighted by molar-refractivity contribution is 7.92. The predicted molar refractivity (Wildman–Crippen MR) is 117 cm³/mol. The number of amides is 1. The second kappa shape index (κ2) is 9.25. The topological polar surface area (TPSA) is 110 Å². The standard InChI is InChI=1S/C21H27N3O5S/c1-16(14-21(2,3)17-9-6-5-7-10-17)22-20(25)15-23(30(4,28)29)18-11-8-12-19(13-18)24(26)27/h5-13,16H,14-15H2,1-4H3,(H,22,25). The molecule has 1 amide bonds. The van der Waals surface area contributed by atoms with Crippen LogP contribution in [-0.2, 0) is 20.2 Å². The first-order valence-corrected chi connectivity index (χ1v) is 11.3. The van der Waals surface area contributed by atoms with E-state index in [1.807, 2.05) is 37.3 Å². The Bertz CT molecular complexity index is 1010. The second-order valence-corrected chi connectivity index (χ2v) is 9.88. The number of carbonyl (C=O) groups excluding carboxylic acids is 1. The van der Waals surface area contributed by atoms with Gasteiger partial charge in [-0.1, -0.05) is 50.2 Å². The third kappa shape index (κ3) is 6.28. The molecule has 2 aromatic rings. The van der Waals surface area contributed by atoms with E-state index in [1.54, 1.807) is 0 Å². The molecule has 2 aromatic carbocycles. The number of anilines is 1. The molecule has 30 heavy (non-hydrogen) atoms. The maximum atomic E-state index is 12.6. The van der Waals surface area contributed by atoms with Crippen LogP contribution in [-0.4, -0.2) is 38.1 Å². The molecule has 0 saturated heterocycles. The molecule has 0 fully saturated rings. The van der Waals surface area contributed by atoms with E-state index in [2.05, 4.69) is 19.2 Å². The average molecular weight is 434 g/mol. The first-order chi connectivity index (χ1) is 13.9. The maximum absolute atomic E-state index is 12.6. The Hall–Kier alpha value is -2.94. The van der Waals surface area contributed by atoms with Crippen molar-refractivity contribution in [1.82, 2.24) is 5.32 Å². The van der Waals surface area contributed by atoms with Gasteiger partial charge in [0.15, 0.2) is 0 Å². The van der Waals surface area contributed by atoms with Crippen LogP contribution in [0.1, 0.15) is 32.8 Å². The van der Waals surface area contributed by atoms with Crippen molar-refractivity contribution in [2.45, 2.75) is 38.6 Å². The minimum atomic E-state index is -3.82. The van der Waals surface area contributed by atoms with E-state index in [1.165, 1.54) is 18.2 Å². The Morgan fingerprint density at radius 2 is 1.80 bits per heavy atom. The number of nitrogens with zero attached hydrogens (tertiary/aromatic N) is 2. The molecule has 0 aliphatic heterocycles. The lowest BCUT2D eigenvalue weighted by molar-refractivity contribution is -0.384. The van der Waals surface area contributed by atoms with Gasteiger partial charge >= 0.3 is 0 Å². The fourth-order valence-corrected chi connectivity index (χ4v) is 4.28. The van der Waals surface area contributed by atoms with Crippen LogP contribution in [0, 0.1) is 10.1 Å². The number of nitro groups is 1. The molecule has 0 saturated carbocycles. The van der Waals surface area contributed by atoms with Crippen molar-refractivity contribution in [2.24, 2.45) is 0 Å². The third-order valence-electron chi connectivity index (χ3n) is 4.80. The van der Waals surface area contributed by atoms with Gasteiger partial charge in [-0.25, -0.2) is 8.42 Å². The number of hydrogen-bond donors (Lipinski definition) is 1. The van der Waals surface area contributed by atoms with E-state index in [9.17, 15) is 23.3 Å². The van der Waals surface area contributed by atoms with E-state index in [0.717, 1.165) is 22.2 Å². The fourth-order valence-electron chi connectivity index (χ4n) is 3.44. The van der Waals surface area contributed by atoms with Crippen molar-refractivity contribution >= 4 is 27.3 Å². The van der Waals surface area contributed by atoms with Crippen molar-refractivity contribution in [3.8, 4) is 0 Å². The number of benzene rings is 2. The molecule has 0 aromatic heterocycles. The van der Waals surface area contributed by atoms with Gasteiger partial charge in [0.2, 0.25) is 15.9 Å². The van der Waals surface area contributed by atoms with Gasteiger partial charge < -0.3 is 5.32 Å². The van der Waals surface area contributed by atoms with Gasteiger partial charge in [-0.2, -0.15) is 0 Å². The van der Waals surface area contributed by atoms with Crippen molar-refractivity contribution in [1.29, 1.82) is 0 Å².